The van der Waals surface area contributed by atoms with Crippen LogP contribution in [0.3, 0.4) is 0 Å². The quantitative estimate of drug-likeness (QED) is 0.540. The van der Waals surface area contributed by atoms with Gasteiger partial charge in [-0.1, -0.05) is 90.9 Å². The Balaban J connectivity index is 0.000000460. The smallest absolute Gasteiger partial charge is 0.185 e. The maximum atomic E-state index is 12.0. The highest BCUT2D eigenvalue weighted by Gasteiger charge is 2.27. The zero-order chi connectivity index (χ0) is 24.7. The van der Waals surface area contributed by atoms with Gasteiger partial charge < -0.3 is 10.1 Å². The molecule has 1 aliphatic carbocycles. The van der Waals surface area contributed by atoms with E-state index in [1.807, 2.05) is 58.2 Å². The molecule has 3 rings (SSSR count). The number of ether oxygens (including phenoxy) is 1. The number of allylic oxidation sites excluding steroid dienone is 5. The molecule has 3 nitrogen and oxygen atoms in total. The van der Waals surface area contributed by atoms with E-state index in [9.17, 15) is 4.79 Å². The summed E-state index contributed by atoms with van der Waals surface area (Å²) < 4.78 is 5.30. The van der Waals surface area contributed by atoms with Gasteiger partial charge in [0.25, 0.3) is 0 Å². The van der Waals surface area contributed by atoms with Crippen LogP contribution < -0.4 is 5.32 Å². The Morgan fingerprint density at radius 1 is 1.12 bits per heavy atom. The predicted octanol–water partition coefficient (Wildman–Crippen LogP) is 7.21. The van der Waals surface area contributed by atoms with Gasteiger partial charge in [0.2, 0.25) is 0 Å². The van der Waals surface area contributed by atoms with Crippen molar-refractivity contribution in [3.8, 4) is 0 Å². The largest absolute Gasteiger partial charge is 0.496 e. The molecule has 0 bridgehead atoms. The van der Waals surface area contributed by atoms with Crippen LogP contribution in [-0.4, -0.2) is 26.0 Å². The Labute approximate surface area is 197 Å². The van der Waals surface area contributed by atoms with Gasteiger partial charge in [-0.15, -0.1) is 0 Å². The third-order valence-electron chi connectivity index (χ3n) is 4.71. The first-order chi connectivity index (χ1) is 15.1. The van der Waals surface area contributed by atoms with E-state index >= 15 is 0 Å². The molecule has 0 saturated carbocycles. The molecular weight excluding hydrogens is 394 g/mol. The van der Waals surface area contributed by atoms with E-state index in [4.69, 9.17) is 4.74 Å². The van der Waals surface area contributed by atoms with Crippen molar-refractivity contribution in [2.45, 2.75) is 61.8 Å². The van der Waals surface area contributed by atoms with Crippen LogP contribution in [0.5, 0.6) is 0 Å². The molecule has 0 spiro atoms. The van der Waals surface area contributed by atoms with Crippen LogP contribution in [0.2, 0.25) is 0 Å². The van der Waals surface area contributed by atoms with Gasteiger partial charge in [-0.3, -0.25) is 4.79 Å². The number of carbonyl (C=O) groups excluding carboxylic acids is 1. The zero-order valence-corrected chi connectivity index (χ0v) is 21.8. The molecule has 1 N–H and O–H groups in total. The second-order valence-corrected chi connectivity index (χ2v) is 8.84. The van der Waals surface area contributed by atoms with Crippen molar-refractivity contribution in [2.24, 2.45) is 11.3 Å². The van der Waals surface area contributed by atoms with E-state index < -0.39 is 0 Å². The van der Waals surface area contributed by atoms with E-state index in [1.54, 1.807) is 0 Å². The lowest BCUT2D eigenvalue weighted by Gasteiger charge is -2.25. The van der Waals surface area contributed by atoms with E-state index in [2.05, 4.69) is 64.7 Å². The fourth-order valence-corrected chi connectivity index (χ4v) is 3.05. The molecule has 32 heavy (non-hydrogen) atoms. The number of rotatable bonds is 3. The minimum Gasteiger partial charge on any atom is -0.496 e. The average molecular weight is 440 g/mol. The molecule has 2 aliphatic rings. The van der Waals surface area contributed by atoms with Crippen LogP contribution in [-0.2, 0) is 9.53 Å². The third-order valence-corrected chi connectivity index (χ3v) is 4.71. The highest BCUT2D eigenvalue weighted by molar-refractivity contribution is 6.10. The Kier molecular flexibility index (Phi) is 14.3. The summed E-state index contributed by atoms with van der Waals surface area (Å²) in [4.78, 5) is 12.0. The van der Waals surface area contributed by atoms with Gasteiger partial charge in [0, 0.05) is 17.1 Å². The first kappa shape index (κ1) is 29.6. The minimum atomic E-state index is -0.0886. The number of carbonyl (C=O) groups is 1. The molecule has 178 valence electrons. The van der Waals surface area contributed by atoms with Crippen LogP contribution in [0, 0.1) is 18.3 Å². The summed E-state index contributed by atoms with van der Waals surface area (Å²) in [5.41, 5.74) is 3.92. The monoisotopic (exact) mass is 439 g/mol. The molecule has 1 aromatic rings. The van der Waals surface area contributed by atoms with Crippen molar-refractivity contribution in [3.05, 3.63) is 83.2 Å². The van der Waals surface area contributed by atoms with Crippen LogP contribution in [0.1, 0.15) is 60.5 Å². The van der Waals surface area contributed by atoms with Gasteiger partial charge in [-0.2, -0.15) is 0 Å². The standard InChI is InChI=1S/C13H18O.C7H13NO.C7H8.C2H6/c1-6-10-7-9(2)8-11(12(10)14)13(3,4)5;1-6-3-7(4-8-2)9-5-6;1-7-5-3-2-4-6-7;1-2/h7-8H,2,6H2,1,3-5H3;3,6,8H,4-5H2,1-2H3;2-6H,1H3;1-2H3. The molecule has 0 amide bonds. The number of likely N-dealkylation sites (N-methyl/N-ethyl adjacent to an activating group) is 1. The van der Waals surface area contributed by atoms with Crippen molar-refractivity contribution in [2.75, 3.05) is 20.2 Å². The number of hydrogen-bond donors (Lipinski definition) is 1. The van der Waals surface area contributed by atoms with Gasteiger partial charge in [-0.25, -0.2) is 0 Å². The summed E-state index contributed by atoms with van der Waals surface area (Å²) in [7, 11) is 1.92. The van der Waals surface area contributed by atoms with Gasteiger partial charge >= 0.3 is 0 Å². The van der Waals surface area contributed by atoms with Crippen molar-refractivity contribution in [1.82, 2.24) is 5.32 Å². The number of ketones is 1. The second kappa shape index (κ2) is 15.4. The fourth-order valence-electron chi connectivity index (χ4n) is 3.05. The number of aryl methyl sites for hydroxylation is 1. The second-order valence-electron chi connectivity index (χ2n) is 8.84. The maximum absolute atomic E-state index is 12.0. The SMILES string of the molecule is C=C1C=C(CC)C(=O)C(C(C)(C)C)=C1.CC.CNCC1=CC(C)CO1.Cc1ccccc1. The number of benzene rings is 1. The van der Waals surface area contributed by atoms with Crippen LogP contribution in [0.4, 0.5) is 0 Å². The van der Waals surface area contributed by atoms with Crippen molar-refractivity contribution in [1.29, 1.82) is 0 Å². The van der Waals surface area contributed by atoms with Gasteiger partial charge in [0.15, 0.2) is 5.78 Å². The van der Waals surface area contributed by atoms with Crippen molar-refractivity contribution >= 4 is 5.78 Å². The minimum absolute atomic E-state index is 0.0886. The molecule has 1 unspecified atom stereocenters. The van der Waals surface area contributed by atoms with Gasteiger partial charge in [0.1, 0.15) is 5.76 Å². The lowest BCUT2D eigenvalue weighted by atomic mass is 9.78. The fraction of sp³-hybridized carbons (Fsp3) is 0.483. The molecule has 1 heterocycles. The Hall–Kier alpha value is -2.39. The zero-order valence-electron chi connectivity index (χ0n) is 21.8. The Bertz CT molecular complexity index is 792. The highest BCUT2D eigenvalue weighted by Crippen LogP contribution is 2.32. The number of hydrogen-bond acceptors (Lipinski definition) is 3. The molecule has 1 aromatic carbocycles. The predicted molar refractivity (Wildman–Crippen MR) is 140 cm³/mol. The first-order valence-corrected chi connectivity index (χ1v) is 11.7. The molecule has 0 fully saturated rings. The molecule has 0 saturated heterocycles. The normalized spacial score (nSPS) is 17.2. The number of nitrogens with one attached hydrogen (secondary N) is 1. The summed E-state index contributed by atoms with van der Waals surface area (Å²) >= 11 is 0. The molecule has 0 radical (unpaired) electrons. The summed E-state index contributed by atoms with van der Waals surface area (Å²) in [6, 6.07) is 10.3. The summed E-state index contributed by atoms with van der Waals surface area (Å²) in [5, 5.41) is 3.04. The van der Waals surface area contributed by atoms with Gasteiger partial charge in [-0.05, 0) is 49.6 Å². The lowest BCUT2D eigenvalue weighted by molar-refractivity contribution is -0.113. The van der Waals surface area contributed by atoms with Crippen molar-refractivity contribution < 1.29 is 9.53 Å². The van der Waals surface area contributed by atoms with E-state index in [1.165, 1.54) is 5.56 Å². The topological polar surface area (TPSA) is 38.3 Å². The Morgan fingerprint density at radius 3 is 2.09 bits per heavy atom. The van der Waals surface area contributed by atoms with Crippen LogP contribution in [0.15, 0.2) is 77.6 Å². The van der Waals surface area contributed by atoms with E-state index in [-0.39, 0.29) is 11.2 Å². The third kappa shape index (κ3) is 11.3. The molecular formula is C29H45NO2. The first-order valence-electron chi connectivity index (χ1n) is 11.7. The maximum Gasteiger partial charge on any atom is 0.185 e. The van der Waals surface area contributed by atoms with Crippen molar-refractivity contribution in [3.63, 3.8) is 0 Å². The lowest BCUT2D eigenvalue weighted by Crippen LogP contribution is -2.21. The summed E-state index contributed by atoms with van der Waals surface area (Å²) in [6.07, 6.45) is 6.74. The van der Waals surface area contributed by atoms with E-state index in [0.29, 0.717) is 5.92 Å². The molecule has 1 aliphatic heterocycles. The summed E-state index contributed by atoms with van der Waals surface area (Å²) in [6.45, 7) is 22.0. The molecule has 1 atom stereocenters. The van der Waals surface area contributed by atoms with Crippen LogP contribution in [0.25, 0.3) is 0 Å². The van der Waals surface area contributed by atoms with Gasteiger partial charge in [0.05, 0.1) is 13.2 Å². The van der Waals surface area contributed by atoms with Crippen LogP contribution >= 0.6 is 0 Å². The summed E-state index contributed by atoms with van der Waals surface area (Å²) in [5.74, 6) is 1.88. The molecule has 0 aromatic heterocycles. The highest BCUT2D eigenvalue weighted by atomic mass is 16.5. The van der Waals surface area contributed by atoms with E-state index in [0.717, 1.165) is 42.1 Å². The average Bonchev–Trinajstić information content (AvgIpc) is 3.17. The number of Topliss-reactive ketones (excluding diaryl/α,β-unsaturated/α-hetero) is 1. The molecule has 3 heteroatoms. The Morgan fingerprint density at radius 2 is 1.72 bits per heavy atom.